The van der Waals surface area contributed by atoms with Crippen molar-refractivity contribution >= 4 is 22.5 Å². The average molecular weight is 401 g/mol. The van der Waals surface area contributed by atoms with E-state index in [1.807, 2.05) is 58.0 Å². The molecule has 0 spiro atoms. The van der Waals surface area contributed by atoms with E-state index in [9.17, 15) is 5.11 Å². The number of hydrogen-bond acceptors (Lipinski definition) is 5. The number of aromatic nitrogens is 2. The molecule has 2 heterocycles. The summed E-state index contributed by atoms with van der Waals surface area (Å²) in [5.74, 6) is 0.762. The number of nitrogens with zero attached hydrogens (tertiary/aromatic N) is 2. The summed E-state index contributed by atoms with van der Waals surface area (Å²) < 4.78 is 11.1. The van der Waals surface area contributed by atoms with Gasteiger partial charge in [0.2, 0.25) is 5.75 Å². The third-order valence-corrected chi connectivity index (χ3v) is 4.93. The SMILES string of the molecule is COc1nc2ccc(C(O)Cc3ccc(C)nc3C)cc2c(Cl)c1OC(C)C. The Labute approximate surface area is 170 Å². The zero-order valence-electron chi connectivity index (χ0n) is 16.8. The van der Waals surface area contributed by atoms with Crippen LogP contribution in [0.3, 0.4) is 0 Å². The molecular formula is C22H25ClN2O3. The van der Waals surface area contributed by atoms with E-state index < -0.39 is 6.10 Å². The Morgan fingerprint density at radius 1 is 1.11 bits per heavy atom. The number of benzene rings is 1. The number of rotatable bonds is 6. The van der Waals surface area contributed by atoms with Gasteiger partial charge in [0.1, 0.15) is 0 Å². The van der Waals surface area contributed by atoms with Gasteiger partial charge in [-0.2, -0.15) is 0 Å². The first kappa shape index (κ1) is 20.4. The number of aryl methyl sites for hydroxylation is 2. The van der Waals surface area contributed by atoms with Crippen LogP contribution in [0.5, 0.6) is 11.6 Å². The van der Waals surface area contributed by atoms with Crippen LogP contribution in [0.2, 0.25) is 5.02 Å². The summed E-state index contributed by atoms with van der Waals surface area (Å²) in [6, 6.07) is 9.52. The fraction of sp³-hybridized carbons (Fsp3) is 0.364. The van der Waals surface area contributed by atoms with Crippen molar-refractivity contribution in [3.8, 4) is 11.6 Å². The van der Waals surface area contributed by atoms with E-state index >= 15 is 0 Å². The van der Waals surface area contributed by atoms with Gasteiger partial charge in [0.05, 0.1) is 29.9 Å². The highest BCUT2D eigenvalue weighted by atomic mass is 35.5. The summed E-state index contributed by atoms with van der Waals surface area (Å²) in [6.07, 6.45) is -0.280. The van der Waals surface area contributed by atoms with E-state index in [1.165, 1.54) is 7.11 Å². The zero-order valence-corrected chi connectivity index (χ0v) is 17.5. The lowest BCUT2D eigenvalue weighted by atomic mass is 9.99. The predicted octanol–water partition coefficient (Wildman–Crippen LogP) is 4.97. The lowest BCUT2D eigenvalue weighted by molar-refractivity contribution is 0.178. The van der Waals surface area contributed by atoms with Crippen LogP contribution in [0.4, 0.5) is 0 Å². The summed E-state index contributed by atoms with van der Waals surface area (Å²) in [7, 11) is 1.54. The zero-order chi connectivity index (χ0) is 20.4. The Balaban J connectivity index is 1.99. The first-order chi connectivity index (χ1) is 13.3. The van der Waals surface area contributed by atoms with Gasteiger partial charge in [-0.05, 0) is 57.0 Å². The Morgan fingerprint density at radius 2 is 1.86 bits per heavy atom. The van der Waals surface area contributed by atoms with Crippen LogP contribution in [0, 0.1) is 13.8 Å². The van der Waals surface area contributed by atoms with Crippen LogP contribution in [0.15, 0.2) is 30.3 Å². The summed E-state index contributed by atoms with van der Waals surface area (Å²) in [6.45, 7) is 7.74. The third kappa shape index (κ3) is 4.21. The molecule has 0 bridgehead atoms. The molecule has 1 aromatic carbocycles. The number of fused-ring (bicyclic) bond motifs is 1. The lowest BCUT2D eigenvalue weighted by Gasteiger charge is -2.17. The predicted molar refractivity (Wildman–Crippen MR) is 111 cm³/mol. The van der Waals surface area contributed by atoms with Crippen molar-refractivity contribution in [2.24, 2.45) is 0 Å². The quantitative estimate of drug-likeness (QED) is 0.632. The number of halogens is 1. The fourth-order valence-electron chi connectivity index (χ4n) is 3.14. The minimum atomic E-state index is -0.680. The molecule has 1 unspecified atom stereocenters. The number of pyridine rings is 2. The summed E-state index contributed by atoms with van der Waals surface area (Å²) in [5.41, 5.74) is 4.35. The molecule has 1 N–H and O–H groups in total. The van der Waals surface area contributed by atoms with Crippen molar-refractivity contribution in [3.05, 3.63) is 57.9 Å². The standard InChI is InChI=1S/C22H25ClN2O3/c1-12(2)28-21-20(23)17-10-16(8-9-18(17)25-22(21)27-5)19(26)11-15-7-6-13(3)24-14(15)4/h6-10,12,19,26H,11H2,1-5H3. The summed E-state index contributed by atoms with van der Waals surface area (Å²) >= 11 is 6.61. The van der Waals surface area contributed by atoms with Crippen LogP contribution >= 0.6 is 11.6 Å². The van der Waals surface area contributed by atoms with E-state index in [-0.39, 0.29) is 6.10 Å². The average Bonchev–Trinajstić information content (AvgIpc) is 2.65. The second-order valence-corrected chi connectivity index (χ2v) is 7.50. The Morgan fingerprint density at radius 3 is 2.50 bits per heavy atom. The van der Waals surface area contributed by atoms with Crippen LogP contribution in [0.25, 0.3) is 10.9 Å². The molecule has 0 amide bonds. The molecule has 0 aliphatic heterocycles. The molecule has 0 saturated heterocycles. The monoisotopic (exact) mass is 400 g/mol. The maximum absolute atomic E-state index is 10.8. The number of aliphatic hydroxyl groups is 1. The van der Waals surface area contributed by atoms with Gasteiger partial charge in [-0.25, -0.2) is 4.98 Å². The van der Waals surface area contributed by atoms with Crippen LogP contribution in [-0.2, 0) is 6.42 Å². The van der Waals surface area contributed by atoms with Gasteiger partial charge >= 0.3 is 0 Å². The van der Waals surface area contributed by atoms with E-state index in [4.69, 9.17) is 21.1 Å². The number of aliphatic hydroxyl groups excluding tert-OH is 1. The lowest BCUT2D eigenvalue weighted by Crippen LogP contribution is -2.08. The normalized spacial score (nSPS) is 12.4. The minimum Gasteiger partial charge on any atom is -0.484 e. The molecule has 2 aromatic heterocycles. The molecule has 6 heteroatoms. The van der Waals surface area contributed by atoms with Gasteiger partial charge in [-0.1, -0.05) is 23.7 Å². The fourth-order valence-corrected chi connectivity index (χ4v) is 3.42. The molecule has 0 aliphatic carbocycles. The summed E-state index contributed by atoms with van der Waals surface area (Å²) in [5, 5.41) is 11.9. The Bertz CT molecular complexity index is 1000. The van der Waals surface area contributed by atoms with Crippen molar-refractivity contribution in [1.29, 1.82) is 0 Å². The smallest absolute Gasteiger partial charge is 0.258 e. The molecule has 3 aromatic rings. The van der Waals surface area contributed by atoms with Gasteiger partial charge < -0.3 is 14.6 Å². The minimum absolute atomic E-state index is 0.0727. The maximum Gasteiger partial charge on any atom is 0.258 e. The molecule has 0 saturated carbocycles. The van der Waals surface area contributed by atoms with Crippen molar-refractivity contribution in [2.75, 3.05) is 7.11 Å². The Hall–Kier alpha value is -2.37. The third-order valence-electron chi connectivity index (χ3n) is 4.55. The second kappa shape index (κ2) is 8.33. The number of hydrogen-bond donors (Lipinski definition) is 1. The molecular weight excluding hydrogens is 376 g/mol. The molecule has 148 valence electrons. The second-order valence-electron chi connectivity index (χ2n) is 7.12. The molecule has 5 nitrogen and oxygen atoms in total. The van der Waals surface area contributed by atoms with Gasteiger partial charge in [-0.3, -0.25) is 4.98 Å². The van der Waals surface area contributed by atoms with Crippen LogP contribution in [0.1, 0.15) is 42.5 Å². The first-order valence-corrected chi connectivity index (χ1v) is 9.63. The van der Waals surface area contributed by atoms with E-state index in [1.54, 1.807) is 0 Å². The number of ether oxygens (including phenoxy) is 2. The van der Waals surface area contributed by atoms with Crippen molar-refractivity contribution in [1.82, 2.24) is 9.97 Å². The number of methoxy groups -OCH3 is 1. The largest absolute Gasteiger partial charge is 0.484 e. The van der Waals surface area contributed by atoms with Crippen molar-refractivity contribution < 1.29 is 14.6 Å². The van der Waals surface area contributed by atoms with Gasteiger partial charge in [0.25, 0.3) is 5.88 Å². The molecule has 0 aliphatic rings. The Kier molecular flexibility index (Phi) is 6.06. The maximum atomic E-state index is 10.8. The van der Waals surface area contributed by atoms with Gasteiger partial charge in [0, 0.05) is 23.2 Å². The molecule has 0 radical (unpaired) electrons. The summed E-state index contributed by atoms with van der Waals surface area (Å²) in [4.78, 5) is 8.96. The highest BCUT2D eigenvalue weighted by molar-refractivity contribution is 6.37. The van der Waals surface area contributed by atoms with E-state index in [2.05, 4.69) is 9.97 Å². The van der Waals surface area contributed by atoms with E-state index in [0.29, 0.717) is 34.0 Å². The van der Waals surface area contributed by atoms with Crippen LogP contribution in [-0.4, -0.2) is 28.3 Å². The molecule has 28 heavy (non-hydrogen) atoms. The van der Waals surface area contributed by atoms with Crippen molar-refractivity contribution in [3.63, 3.8) is 0 Å². The van der Waals surface area contributed by atoms with Gasteiger partial charge in [-0.15, -0.1) is 0 Å². The highest BCUT2D eigenvalue weighted by Gasteiger charge is 2.19. The highest BCUT2D eigenvalue weighted by Crippen LogP contribution is 2.40. The first-order valence-electron chi connectivity index (χ1n) is 9.25. The van der Waals surface area contributed by atoms with Crippen molar-refractivity contribution in [2.45, 2.75) is 46.3 Å². The molecule has 3 rings (SSSR count). The molecule has 0 fully saturated rings. The van der Waals surface area contributed by atoms with Crippen LogP contribution < -0.4 is 9.47 Å². The van der Waals surface area contributed by atoms with Gasteiger partial charge in [0.15, 0.2) is 0 Å². The molecule has 1 atom stereocenters. The topological polar surface area (TPSA) is 64.5 Å². The van der Waals surface area contributed by atoms with E-state index in [0.717, 1.165) is 22.5 Å².